The van der Waals surface area contributed by atoms with Gasteiger partial charge in [0.05, 0.1) is 24.0 Å². The largest absolute Gasteiger partial charge is 0.481 e. The smallest absolute Gasteiger partial charge is 0.312 e. The summed E-state index contributed by atoms with van der Waals surface area (Å²) in [5.74, 6) is 18.2. The van der Waals surface area contributed by atoms with Gasteiger partial charge in [0, 0.05) is 18.9 Å². The van der Waals surface area contributed by atoms with Crippen LogP contribution < -0.4 is 0 Å². The van der Waals surface area contributed by atoms with Gasteiger partial charge in [0.2, 0.25) is 0 Å². The summed E-state index contributed by atoms with van der Waals surface area (Å²) in [6, 6.07) is 0. The van der Waals surface area contributed by atoms with Gasteiger partial charge < -0.3 is 19.3 Å². The van der Waals surface area contributed by atoms with Crippen molar-refractivity contribution in [2.24, 2.45) is 135 Å². The number of rotatable bonds is 9. The van der Waals surface area contributed by atoms with E-state index in [9.17, 15) is 14.8 Å². The second-order valence-electron chi connectivity index (χ2n) is 26.0. The maximum Gasteiger partial charge on any atom is 0.312 e. The molecule has 12 aliphatic carbocycles. The van der Waals surface area contributed by atoms with Crippen LogP contribution in [0.1, 0.15) is 180 Å². The molecule has 13 fully saturated rings. The molecule has 384 valence electrons. The zero-order valence-electron chi connectivity index (χ0n) is 39.8. The average Bonchev–Trinajstić information content (AvgIpc) is 4.10. The molecule has 0 spiro atoms. The highest BCUT2D eigenvalue weighted by Gasteiger charge is 2.75. The fraction of sp³-hybridized carbons (Fsp3) is 0.948. The quantitative estimate of drug-likeness (QED) is 0.100. The van der Waals surface area contributed by atoms with E-state index in [4.69, 9.17) is 29.0 Å². The van der Waals surface area contributed by atoms with Crippen molar-refractivity contribution < 1.29 is 43.8 Å². The van der Waals surface area contributed by atoms with Gasteiger partial charge in [0.15, 0.2) is 0 Å². The molecule has 1 saturated heterocycles. The first kappa shape index (κ1) is 53.1. The van der Waals surface area contributed by atoms with E-state index < -0.39 is 16.8 Å². The molecular weight excluding hydrogens is 841 g/mol. The molecule has 1 heterocycles. The van der Waals surface area contributed by atoms with Gasteiger partial charge in [-0.25, -0.2) is 4.89 Å². The van der Waals surface area contributed by atoms with Crippen LogP contribution in [0.25, 0.3) is 0 Å². The molecule has 1 aliphatic heterocycles. The van der Waals surface area contributed by atoms with Crippen LogP contribution in [0.4, 0.5) is 0 Å². The number of carbonyl (C=O) groups excluding carboxylic acids is 2. The zero-order valence-corrected chi connectivity index (χ0v) is 39.8. The van der Waals surface area contributed by atoms with Crippen LogP contribution in [0.2, 0.25) is 0 Å². The summed E-state index contributed by atoms with van der Waals surface area (Å²) in [7, 11) is 1.42. The second-order valence-corrected chi connectivity index (χ2v) is 26.0. The van der Waals surface area contributed by atoms with Crippen molar-refractivity contribution >= 4 is 17.9 Å². The van der Waals surface area contributed by atoms with Gasteiger partial charge in [-0.2, -0.15) is 0 Å². The van der Waals surface area contributed by atoms with E-state index in [0.29, 0.717) is 18.8 Å². The van der Waals surface area contributed by atoms with Crippen LogP contribution in [-0.4, -0.2) is 60.3 Å². The average molecular weight is 939 g/mol. The summed E-state index contributed by atoms with van der Waals surface area (Å²) in [6.45, 7) is 12.2. The monoisotopic (exact) mass is 939 g/mol. The molecule has 13 aliphatic rings. The Bertz CT molecular complexity index is 1790. The van der Waals surface area contributed by atoms with E-state index in [1.165, 1.54) is 64.9 Å². The molecule has 0 aromatic heterocycles. The molecule has 9 heteroatoms. The van der Waals surface area contributed by atoms with Gasteiger partial charge in [0.1, 0.15) is 12.2 Å². The summed E-state index contributed by atoms with van der Waals surface area (Å²) in [5, 5.41) is 17.4. The van der Waals surface area contributed by atoms with Gasteiger partial charge in [-0.15, -0.1) is 0 Å². The minimum atomic E-state index is -0.833. The lowest BCUT2D eigenvalue weighted by Crippen LogP contribution is -2.53. The fourth-order valence-corrected chi connectivity index (χ4v) is 22.0. The number of aliphatic carboxylic acids is 1. The Morgan fingerprint density at radius 3 is 1.66 bits per heavy atom. The van der Waals surface area contributed by atoms with Crippen molar-refractivity contribution in [2.75, 3.05) is 13.7 Å². The maximum atomic E-state index is 13.5. The van der Waals surface area contributed by atoms with Gasteiger partial charge >= 0.3 is 11.9 Å². The molecule has 9 nitrogen and oxygen atoms in total. The number of fused-ring (bicyclic) bond motifs is 32. The highest BCUT2D eigenvalue weighted by molar-refractivity contribution is 5.80. The Kier molecular flexibility index (Phi) is 15.1. The number of ether oxygens (including phenoxy) is 3. The van der Waals surface area contributed by atoms with Crippen LogP contribution in [0.5, 0.6) is 0 Å². The third-order valence-electron chi connectivity index (χ3n) is 23.2. The normalized spacial score (nSPS) is 49.4. The van der Waals surface area contributed by atoms with Crippen LogP contribution in [0, 0.1) is 135 Å². The first-order valence-corrected chi connectivity index (χ1v) is 26.5. The summed E-state index contributed by atoms with van der Waals surface area (Å²) in [6.07, 6.45) is 22.0. The van der Waals surface area contributed by atoms with Gasteiger partial charge in [-0.1, -0.05) is 43.6 Å². The predicted molar refractivity (Wildman–Crippen MR) is 263 cm³/mol. The van der Waals surface area contributed by atoms with E-state index in [1.54, 1.807) is 19.3 Å². The van der Waals surface area contributed by atoms with Crippen molar-refractivity contribution in [2.45, 2.75) is 199 Å². The van der Waals surface area contributed by atoms with Crippen molar-refractivity contribution in [1.82, 2.24) is 0 Å². The standard InChI is InChI=1S/C28H42O4.C24H36O3.C2H4O2.4CH4/c1-6-28(4,13-27(2,3)25(29)31-5)26(30)32-20-11-16-10-17(20)24-19-12-18(23(16)24)21-14-7-8-15(9-14)22(19)21;1-24(23(27-25)18-4-2-3-7-26-18)11-14-9-17(24)22-16-10-15(21(14)22)19-12-5-6-13(8-12)20(16)19;1-2(3)4;;;;/h14-24H,6-13H2,1-5H3;12-23,25H,2-11H2,1H3;1H3,(H,3,4);4*1H4. The predicted octanol–water partition coefficient (Wildman–Crippen LogP) is 13.1. The topological polar surface area (TPSA) is 129 Å². The molecule has 67 heavy (non-hydrogen) atoms. The molecule has 0 amide bonds. The Morgan fingerprint density at radius 2 is 1.16 bits per heavy atom. The number of esters is 2. The van der Waals surface area contributed by atoms with E-state index in [-0.39, 0.29) is 65.4 Å². The highest BCUT2D eigenvalue weighted by Crippen LogP contribution is 2.80. The molecule has 2 N–H and O–H groups in total. The van der Waals surface area contributed by atoms with E-state index >= 15 is 0 Å². The fourth-order valence-electron chi connectivity index (χ4n) is 22.0. The van der Waals surface area contributed by atoms with Crippen LogP contribution in [0.3, 0.4) is 0 Å². The van der Waals surface area contributed by atoms with E-state index in [2.05, 4.69) is 6.92 Å². The molecule has 25 atom stereocenters. The lowest BCUT2D eigenvalue weighted by atomic mass is 9.54. The van der Waals surface area contributed by atoms with Gasteiger partial charge in [-0.05, 0) is 248 Å². The van der Waals surface area contributed by atoms with Crippen molar-refractivity contribution in [3.63, 3.8) is 0 Å². The second kappa shape index (κ2) is 19.0. The molecular formula is C58H98O9. The van der Waals surface area contributed by atoms with Gasteiger partial charge in [0.25, 0.3) is 5.97 Å². The summed E-state index contributed by atoms with van der Waals surface area (Å²) in [5.41, 5.74) is -1.22. The van der Waals surface area contributed by atoms with Gasteiger partial charge in [-0.3, -0.25) is 19.6 Å². The van der Waals surface area contributed by atoms with E-state index in [0.717, 1.165) is 145 Å². The third-order valence-corrected chi connectivity index (χ3v) is 23.2. The lowest BCUT2D eigenvalue weighted by molar-refractivity contribution is -0.336. The van der Waals surface area contributed by atoms with E-state index in [1.807, 2.05) is 27.7 Å². The number of methoxy groups -OCH3 is 1. The minimum Gasteiger partial charge on any atom is -0.481 e. The Balaban J connectivity index is 0.000000176. The number of carboxylic acids is 1. The summed E-state index contributed by atoms with van der Waals surface area (Å²) >= 11 is 0. The molecule has 0 aromatic carbocycles. The number of hydrogen-bond acceptors (Lipinski definition) is 8. The SMILES string of the molecule is C.C.C.C.CC(=O)O.CC1(C(OO)C2CCCCO2)CC2CC1C1C3CC(C4C5CCC(C5)C34)C21.CCC(C)(CC(C)(C)C(=O)OC)C(=O)OC1CC2CC1C1C3CC(C4C5CCC(C5)C34)C21. The number of carboxylic acid groups (broad SMARTS) is 1. The first-order chi connectivity index (χ1) is 30.1. The zero-order chi connectivity index (χ0) is 44.1. The highest BCUT2D eigenvalue weighted by atomic mass is 17.1. The minimum absolute atomic E-state index is 0. The number of hydrogen-bond donors (Lipinski definition) is 2. The van der Waals surface area contributed by atoms with Crippen LogP contribution in [0.15, 0.2) is 0 Å². The number of carbonyl (C=O) groups is 3. The molecule has 0 radical (unpaired) electrons. The molecule has 25 unspecified atom stereocenters. The van der Waals surface area contributed by atoms with Crippen molar-refractivity contribution in [3.05, 3.63) is 0 Å². The van der Waals surface area contributed by atoms with Crippen molar-refractivity contribution in [1.29, 1.82) is 0 Å². The van der Waals surface area contributed by atoms with Crippen molar-refractivity contribution in [3.8, 4) is 0 Å². The summed E-state index contributed by atoms with van der Waals surface area (Å²) < 4.78 is 17.5. The third kappa shape index (κ3) is 7.85. The molecule has 0 aromatic rings. The Hall–Kier alpha value is -1.71. The van der Waals surface area contributed by atoms with Crippen LogP contribution >= 0.6 is 0 Å². The lowest BCUT2D eigenvalue weighted by Gasteiger charge is -2.52. The first-order valence-electron chi connectivity index (χ1n) is 26.5. The van der Waals surface area contributed by atoms with Crippen LogP contribution in [-0.2, 0) is 33.5 Å². The molecule has 13 rings (SSSR count). The maximum absolute atomic E-state index is 13.5. The Labute approximate surface area is 407 Å². The Morgan fingerprint density at radius 1 is 0.657 bits per heavy atom. The summed E-state index contributed by atoms with van der Waals surface area (Å²) in [4.78, 5) is 40.0. The molecule has 12 saturated carbocycles. The molecule has 12 bridgehead atoms.